The Morgan fingerprint density at radius 2 is 1.85 bits per heavy atom. The van der Waals surface area contributed by atoms with Crippen LogP contribution in [0.25, 0.3) is 0 Å². The molecule has 1 heterocycles. The fourth-order valence-electron chi connectivity index (χ4n) is 4.36. The van der Waals surface area contributed by atoms with Crippen LogP contribution in [0.3, 0.4) is 0 Å². The highest BCUT2D eigenvalue weighted by Gasteiger charge is 2.26. The highest BCUT2D eigenvalue weighted by Crippen LogP contribution is 2.33. The first-order valence-corrected chi connectivity index (χ1v) is 12.2. The number of benzene rings is 2. The third-order valence-electron chi connectivity index (χ3n) is 6.39. The van der Waals surface area contributed by atoms with Gasteiger partial charge in [0.25, 0.3) is 0 Å². The number of urea groups is 1. The van der Waals surface area contributed by atoms with Crippen molar-refractivity contribution in [1.82, 2.24) is 0 Å². The van der Waals surface area contributed by atoms with E-state index in [0.29, 0.717) is 12.1 Å². The van der Waals surface area contributed by atoms with Gasteiger partial charge in [0.1, 0.15) is 0 Å². The van der Waals surface area contributed by atoms with Crippen molar-refractivity contribution in [3.05, 3.63) is 53.6 Å². The van der Waals surface area contributed by atoms with Crippen LogP contribution in [0.1, 0.15) is 63.0 Å². The van der Waals surface area contributed by atoms with E-state index in [2.05, 4.69) is 22.9 Å². The Bertz CT molecular complexity index is 961. The van der Waals surface area contributed by atoms with Crippen LogP contribution in [0, 0.1) is 6.92 Å². The molecule has 0 aromatic heterocycles. The number of rotatable bonds is 9. The van der Waals surface area contributed by atoms with Gasteiger partial charge in [-0.05, 0) is 68.4 Å². The number of anilines is 3. The maximum Gasteiger partial charge on any atom is 0.323 e. The maximum atomic E-state index is 12.9. The van der Waals surface area contributed by atoms with Gasteiger partial charge in [-0.2, -0.15) is 0 Å². The van der Waals surface area contributed by atoms with Crippen LogP contribution in [0.5, 0.6) is 0 Å². The van der Waals surface area contributed by atoms with Gasteiger partial charge >= 0.3 is 12.0 Å². The number of hydrogen-bond acceptors (Lipinski definition) is 5. The van der Waals surface area contributed by atoms with Crippen molar-refractivity contribution in [3.63, 3.8) is 0 Å². The number of carbonyl (C=O) groups is 2. The quantitative estimate of drug-likeness (QED) is 0.390. The molecule has 34 heavy (non-hydrogen) atoms. The Balaban J connectivity index is 1.85. The SMILES string of the molecule is CCC(CC(=O)OC)c1ccc(NC2CCCOC2CC)c(NC(=O)Nc2ccc(C)cc2)c1. The molecule has 0 radical (unpaired) electrons. The van der Waals surface area contributed by atoms with Gasteiger partial charge in [-0.25, -0.2) is 4.79 Å². The van der Waals surface area contributed by atoms with Gasteiger partial charge in [-0.15, -0.1) is 0 Å². The van der Waals surface area contributed by atoms with E-state index in [9.17, 15) is 9.59 Å². The number of esters is 1. The predicted molar refractivity (Wildman–Crippen MR) is 137 cm³/mol. The molecule has 3 atom stereocenters. The second kappa shape index (κ2) is 12.4. The van der Waals surface area contributed by atoms with Crippen molar-refractivity contribution >= 4 is 29.1 Å². The molecule has 1 saturated heterocycles. The molecule has 3 unspecified atom stereocenters. The lowest BCUT2D eigenvalue weighted by Gasteiger charge is -2.33. The Morgan fingerprint density at radius 1 is 1.09 bits per heavy atom. The summed E-state index contributed by atoms with van der Waals surface area (Å²) in [7, 11) is 1.40. The van der Waals surface area contributed by atoms with Crippen LogP contribution in [0.4, 0.5) is 21.9 Å². The second-order valence-corrected chi connectivity index (χ2v) is 8.85. The number of methoxy groups -OCH3 is 1. The van der Waals surface area contributed by atoms with E-state index in [0.717, 1.165) is 54.8 Å². The first kappa shape index (κ1) is 25.6. The maximum absolute atomic E-state index is 12.9. The zero-order valence-corrected chi connectivity index (χ0v) is 20.6. The molecule has 0 bridgehead atoms. The second-order valence-electron chi connectivity index (χ2n) is 8.85. The van der Waals surface area contributed by atoms with E-state index in [-0.39, 0.29) is 30.1 Å². The number of ether oxygens (including phenoxy) is 2. The molecule has 1 fully saturated rings. The molecular weight excluding hydrogens is 430 g/mol. The minimum atomic E-state index is -0.322. The van der Waals surface area contributed by atoms with E-state index in [1.807, 2.05) is 56.3 Å². The van der Waals surface area contributed by atoms with Gasteiger partial charge in [0.2, 0.25) is 0 Å². The molecule has 0 saturated carbocycles. The Labute approximate surface area is 202 Å². The number of aryl methyl sites for hydroxylation is 1. The lowest BCUT2D eigenvalue weighted by molar-refractivity contribution is -0.141. The monoisotopic (exact) mass is 467 g/mol. The first-order chi connectivity index (χ1) is 16.4. The van der Waals surface area contributed by atoms with Gasteiger partial charge in [0, 0.05) is 12.3 Å². The van der Waals surface area contributed by atoms with Gasteiger partial charge in [-0.1, -0.05) is 37.6 Å². The van der Waals surface area contributed by atoms with E-state index in [1.54, 1.807) is 0 Å². The minimum Gasteiger partial charge on any atom is -0.469 e. The summed E-state index contributed by atoms with van der Waals surface area (Å²) in [5, 5.41) is 9.51. The molecule has 7 nitrogen and oxygen atoms in total. The molecule has 0 spiro atoms. The van der Waals surface area contributed by atoms with Crippen LogP contribution < -0.4 is 16.0 Å². The summed E-state index contributed by atoms with van der Waals surface area (Å²) in [6, 6.07) is 13.5. The van der Waals surface area contributed by atoms with Crippen LogP contribution in [0.15, 0.2) is 42.5 Å². The zero-order chi connectivity index (χ0) is 24.5. The minimum absolute atomic E-state index is 0.00335. The van der Waals surface area contributed by atoms with Crippen molar-refractivity contribution in [2.45, 2.75) is 70.9 Å². The molecular formula is C27H37N3O4. The molecule has 0 aliphatic carbocycles. The Hall–Kier alpha value is -3.06. The van der Waals surface area contributed by atoms with E-state index < -0.39 is 0 Å². The van der Waals surface area contributed by atoms with Gasteiger partial charge in [0.15, 0.2) is 0 Å². The van der Waals surface area contributed by atoms with Crippen LogP contribution in [0.2, 0.25) is 0 Å². The summed E-state index contributed by atoms with van der Waals surface area (Å²) in [4.78, 5) is 24.8. The lowest BCUT2D eigenvalue weighted by Crippen LogP contribution is -2.39. The van der Waals surface area contributed by atoms with E-state index >= 15 is 0 Å². The average molecular weight is 468 g/mol. The molecule has 2 aromatic rings. The summed E-state index contributed by atoms with van der Waals surface area (Å²) >= 11 is 0. The normalized spacial score (nSPS) is 18.6. The van der Waals surface area contributed by atoms with Crippen molar-refractivity contribution in [2.75, 3.05) is 29.7 Å². The molecule has 3 rings (SSSR count). The largest absolute Gasteiger partial charge is 0.469 e. The third-order valence-corrected chi connectivity index (χ3v) is 6.39. The summed E-state index contributed by atoms with van der Waals surface area (Å²) in [6.07, 6.45) is 4.14. The lowest BCUT2D eigenvalue weighted by atomic mass is 9.92. The van der Waals surface area contributed by atoms with Crippen molar-refractivity contribution in [2.24, 2.45) is 0 Å². The smallest absolute Gasteiger partial charge is 0.323 e. The number of amides is 2. The molecule has 3 N–H and O–H groups in total. The third kappa shape index (κ3) is 6.97. The molecule has 1 aliphatic rings. The van der Waals surface area contributed by atoms with Gasteiger partial charge < -0.3 is 25.4 Å². The number of nitrogens with one attached hydrogen (secondary N) is 3. The summed E-state index contributed by atoms with van der Waals surface area (Å²) < 4.78 is 10.8. The highest BCUT2D eigenvalue weighted by molar-refractivity contribution is 6.01. The predicted octanol–water partition coefficient (Wildman–Crippen LogP) is 6.07. The van der Waals surface area contributed by atoms with Gasteiger partial charge in [0.05, 0.1) is 37.1 Å². The number of hydrogen-bond donors (Lipinski definition) is 3. The Kier molecular flexibility index (Phi) is 9.33. The molecule has 2 amide bonds. The van der Waals surface area contributed by atoms with E-state index in [4.69, 9.17) is 9.47 Å². The van der Waals surface area contributed by atoms with Crippen LogP contribution in [-0.2, 0) is 14.3 Å². The number of carbonyl (C=O) groups excluding carboxylic acids is 2. The highest BCUT2D eigenvalue weighted by atomic mass is 16.5. The average Bonchev–Trinajstić information content (AvgIpc) is 2.85. The van der Waals surface area contributed by atoms with Crippen molar-refractivity contribution < 1.29 is 19.1 Å². The van der Waals surface area contributed by atoms with Crippen LogP contribution in [-0.4, -0.2) is 37.9 Å². The fourth-order valence-corrected chi connectivity index (χ4v) is 4.36. The van der Waals surface area contributed by atoms with Gasteiger partial charge in [-0.3, -0.25) is 4.79 Å². The molecule has 184 valence electrons. The standard InChI is InChI=1S/C27H37N3O4/c1-5-19(17-26(31)33-4)20-11-14-22(29-23-8-7-15-34-25(23)6-2)24(16-20)30-27(32)28-21-12-9-18(3)10-13-21/h9-14,16,19,23,25,29H,5-8,15,17H2,1-4H3,(H2,28,30,32). The topological polar surface area (TPSA) is 88.7 Å². The van der Waals surface area contributed by atoms with Crippen LogP contribution >= 0.6 is 0 Å². The van der Waals surface area contributed by atoms with Crippen molar-refractivity contribution in [1.29, 1.82) is 0 Å². The molecule has 1 aliphatic heterocycles. The fraction of sp³-hybridized carbons (Fsp3) is 0.481. The summed E-state index contributed by atoms with van der Waals surface area (Å²) in [5.41, 5.74) is 4.34. The summed E-state index contributed by atoms with van der Waals surface area (Å²) in [6.45, 7) is 6.96. The Morgan fingerprint density at radius 3 is 2.53 bits per heavy atom. The van der Waals surface area contributed by atoms with E-state index in [1.165, 1.54) is 7.11 Å². The molecule has 7 heteroatoms. The zero-order valence-electron chi connectivity index (χ0n) is 20.6. The molecule has 2 aromatic carbocycles. The summed E-state index contributed by atoms with van der Waals surface area (Å²) in [5.74, 6) is -0.241. The first-order valence-electron chi connectivity index (χ1n) is 12.2. The van der Waals surface area contributed by atoms with Crippen molar-refractivity contribution in [3.8, 4) is 0 Å².